The van der Waals surface area contributed by atoms with E-state index in [0.717, 1.165) is 12.1 Å². The third-order valence-electron chi connectivity index (χ3n) is 1.01. The summed E-state index contributed by atoms with van der Waals surface area (Å²) >= 11 is 0. The number of nitrogens with zero attached hydrogens (tertiary/aromatic N) is 1. The van der Waals surface area contributed by atoms with Gasteiger partial charge >= 0.3 is 0 Å². The van der Waals surface area contributed by atoms with Gasteiger partial charge in [-0.15, -0.1) is 0 Å². The maximum absolute atomic E-state index is 12.4. The van der Waals surface area contributed by atoms with E-state index in [1.54, 1.807) is 0 Å². The first-order chi connectivity index (χ1) is 4.75. The van der Waals surface area contributed by atoms with Crippen LogP contribution in [-0.2, 0) is 0 Å². The molecule has 1 nitrogen and oxygen atoms in total. The second-order valence-electron chi connectivity index (χ2n) is 1.63. The van der Waals surface area contributed by atoms with Gasteiger partial charge in [-0.2, -0.15) is 5.26 Å². The highest BCUT2D eigenvalue weighted by Crippen LogP contribution is 2.08. The van der Waals surface area contributed by atoms with E-state index >= 15 is 0 Å². The number of halogens is 2. The first kappa shape index (κ1) is 6.69. The third-order valence-corrected chi connectivity index (χ3v) is 1.01. The van der Waals surface area contributed by atoms with E-state index in [2.05, 4.69) is 6.07 Å². The quantitative estimate of drug-likeness (QED) is 0.534. The van der Waals surface area contributed by atoms with Gasteiger partial charge in [-0.3, -0.25) is 0 Å². The van der Waals surface area contributed by atoms with E-state index in [4.69, 9.17) is 5.26 Å². The number of benzene rings is 1. The molecule has 0 bridgehead atoms. The van der Waals surface area contributed by atoms with Gasteiger partial charge in [0.25, 0.3) is 0 Å². The molecule has 0 amide bonds. The molecular formula is C7H2F2N. The summed E-state index contributed by atoms with van der Waals surface area (Å²) < 4.78 is 24.7. The van der Waals surface area contributed by atoms with E-state index < -0.39 is 17.2 Å². The van der Waals surface area contributed by atoms with Gasteiger partial charge in [0.1, 0.15) is 17.4 Å². The van der Waals surface area contributed by atoms with E-state index in [1.807, 2.05) is 0 Å². The number of hydrogen-bond donors (Lipinski definition) is 0. The minimum absolute atomic E-state index is 0.581. The Balaban J connectivity index is 3.34. The Bertz CT molecular complexity index is 268. The van der Waals surface area contributed by atoms with Crippen molar-refractivity contribution in [1.82, 2.24) is 0 Å². The average molecular weight is 138 g/mol. The zero-order chi connectivity index (χ0) is 7.56. The average Bonchev–Trinajstić information content (AvgIpc) is 1.88. The Labute approximate surface area is 56.5 Å². The molecule has 1 radical (unpaired) electrons. The van der Waals surface area contributed by atoms with E-state index in [-0.39, 0.29) is 0 Å². The van der Waals surface area contributed by atoms with Gasteiger partial charge in [0.2, 0.25) is 0 Å². The topological polar surface area (TPSA) is 23.8 Å². The molecule has 0 spiro atoms. The van der Waals surface area contributed by atoms with Crippen molar-refractivity contribution in [3.05, 3.63) is 35.4 Å². The smallest absolute Gasteiger partial charge is 0.151 e. The molecule has 1 rings (SSSR count). The van der Waals surface area contributed by atoms with Crippen LogP contribution >= 0.6 is 0 Å². The van der Waals surface area contributed by atoms with E-state index in [0.29, 0.717) is 0 Å². The van der Waals surface area contributed by atoms with Crippen LogP contribution in [0.2, 0.25) is 0 Å². The molecule has 0 heterocycles. The lowest BCUT2D eigenvalue weighted by atomic mass is 10.2. The number of rotatable bonds is 0. The normalized spacial score (nSPS) is 8.90. The molecule has 1 aromatic carbocycles. The molecule has 10 heavy (non-hydrogen) atoms. The minimum atomic E-state index is -0.942. The largest absolute Gasteiger partial charge is 0.205 e. The van der Waals surface area contributed by atoms with Crippen molar-refractivity contribution >= 4 is 0 Å². The summed E-state index contributed by atoms with van der Waals surface area (Å²) in [7, 11) is 0. The molecule has 0 aliphatic rings. The second kappa shape index (κ2) is 2.44. The summed E-state index contributed by atoms with van der Waals surface area (Å²) in [6.45, 7) is 0. The lowest BCUT2D eigenvalue weighted by molar-refractivity contribution is 0.575. The highest BCUT2D eigenvalue weighted by atomic mass is 19.1. The van der Waals surface area contributed by atoms with Crippen molar-refractivity contribution in [1.29, 1.82) is 5.26 Å². The van der Waals surface area contributed by atoms with Crippen molar-refractivity contribution in [2.75, 3.05) is 0 Å². The van der Waals surface area contributed by atoms with E-state index in [1.165, 1.54) is 6.07 Å². The van der Waals surface area contributed by atoms with Crippen LogP contribution in [0.5, 0.6) is 0 Å². The lowest BCUT2D eigenvalue weighted by Crippen LogP contribution is -1.87. The van der Waals surface area contributed by atoms with Crippen LogP contribution in [0.25, 0.3) is 0 Å². The summed E-state index contributed by atoms with van der Waals surface area (Å²) in [5, 5.41) is 8.15. The molecule has 3 heteroatoms. The van der Waals surface area contributed by atoms with Crippen molar-refractivity contribution in [3.63, 3.8) is 0 Å². The fraction of sp³-hybridized carbons (Fsp3) is 0. The van der Waals surface area contributed by atoms with Gasteiger partial charge in [-0.25, -0.2) is 8.78 Å². The van der Waals surface area contributed by atoms with Crippen molar-refractivity contribution in [2.45, 2.75) is 0 Å². The zero-order valence-electron chi connectivity index (χ0n) is 4.86. The van der Waals surface area contributed by atoms with Crippen LogP contribution < -0.4 is 0 Å². The predicted octanol–water partition coefficient (Wildman–Crippen LogP) is 1.64. The standard InChI is InChI=1S/C7H2F2N/c8-6-2-1-3-7(9)5(6)4-10/h1-2H. The minimum Gasteiger partial charge on any atom is -0.205 e. The summed E-state index contributed by atoms with van der Waals surface area (Å²) in [6, 6.07) is 5.52. The summed E-state index contributed by atoms with van der Waals surface area (Å²) in [4.78, 5) is 0. The second-order valence-corrected chi connectivity index (χ2v) is 1.63. The first-order valence-corrected chi connectivity index (χ1v) is 2.51. The van der Waals surface area contributed by atoms with Crippen molar-refractivity contribution in [2.24, 2.45) is 0 Å². The highest BCUT2D eigenvalue weighted by Gasteiger charge is 2.05. The van der Waals surface area contributed by atoms with Crippen LogP contribution in [0.3, 0.4) is 0 Å². The highest BCUT2D eigenvalue weighted by molar-refractivity contribution is 5.30. The lowest BCUT2D eigenvalue weighted by Gasteiger charge is -1.90. The monoisotopic (exact) mass is 138 g/mol. The summed E-state index contributed by atoms with van der Waals surface area (Å²) in [5.74, 6) is -1.79. The van der Waals surface area contributed by atoms with Crippen LogP contribution in [0, 0.1) is 29.0 Å². The van der Waals surface area contributed by atoms with Gasteiger partial charge in [0, 0.05) is 6.07 Å². The zero-order valence-corrected chi connectivity index (χ0v) is 4.86. The predicted molar refractivity (Wildman–Crippen MR) is 29.9 cm³/mol. The van der Waals surface area contributed by atoms with Crippen molar-refractivity contribution < 1.29 is 8.78 Å². The van der Waals surface area contributed by atoms with Gasteiger partial charge in [0.15, 0.2) is 5.82 Å². The van der Waals surface area contributed by atoms with Gasteiger partial charge in [-0.05, 0) is 12.1 Å². The molecule has 0 saturated carbocycles. The molecule has 49 valence electrons. The summed E-state index contributed by atoms with van der Waals surface area (Å²) in [6.07, 6.45) is 0. The Kier molecular flexibility index (Phi) is 1.63. The Morgan fingerprint density at radius 3 is 2.60 bits per heavy atom. The molecule has 0 unspecified atom stereocenters. The molecule has 1 aromatic rings. The molecule has 0 saturated heterocycles. The number of hydrogen-bond acceptors (Lipinski definition) is 1. The van der Waals surface area contributed by atoms with Gasteiger partial charge in [-0.1, -0.05) is 0 Å². The van der Waals surface area contributed by atoms with Gasteiger partial charge < -0.3 is 0 Å². The summed E-state index contributed by atoms with van der Waals surface area (Å²) in [5.41, 5.74) is -0.581. The first-order valence-electron chi connectivity index (χ1n) is 2.51. The number of nitriles is 1. The fourth-order valence-corrected chi connectivity index (χ4v) is 0.551. The SMILES string of the molecule is N#Cc1c(F)[c]ccc1F. The molecular weight excluding hydrogens is 136 g/mol. The Hall–Kier alpha value is -1.43. The van der Waals surface area contributed by atoms with E-state index in [9.17, 15) is 8.78 Å². The van der Waals surface area contributed by atoms with Crippen molar-refractivity contribution in [3.8, 4) is 6.07 Å². The maximum atomic E-state index is 12.4. The fourth-order valence-electron chi connectivity index (χ4n) is 0.551. The van der Waals surface area contributed by atoms with Crippen LogP contribution in [0.4, 0.5) is 8.78 Å². The molecule has 0 aromatic heterocycles. The maximum Gasteiger partial charge on any atom is 0.151 e. The molecule has 0 N–H and O–H groups in total. The van der Waals surface area contributed by atoms with Crippen LogP contribution in [-0.4, -0.2) is 0 Å². The molecule has 0 fully saturated rings. The Morgan fingerprint density at radius 1 is 1.50 bits per heavy atom. The van der Waals surface area contributed by atoms with Gasteiger partial charge in [0.05, 0.1) is 0 Å². The molecule has 0 aliphatic heterocycles. The van der Waals surface area contributed by atoms with Crippen LogP contribution in [0.1, 0.15) is 5.56 Å². The Morgan fingerprint density at radius 2 is 2.20 bits per heavy atom. The molecule has 0 atom stereocenters. The molecule has 0 aliphatic carbocycles. The third kappa shape index (κ3) is 0.960. The van der Waals surface area contributed by atoms with Crippen LogP contribution in [0.15, 0.2) is 12.1 Å².